The first-order valence-electron chi connectivity index (χ1n) is 13.6. The lowest BCUT2D eigenvalue weighted by atomic mass is 10.0. The van der Waals surface area contributed by atoms with Crippen LogP contribution >= 0.6 is 0 Å². The van der Waals surface area contributed by atoms with Crippen molar-refractivity contribution < 1.29 is 27.5 Å². The molecule has 0 aliphatic heterocycles. The molecule has 1 atom stereocenters. The van der Waals surface area contributed by atoms with E-state index in [-0.39, 0.29) is 30.3 Å². The number of aryl methyl sites for hydroxylation is 1. The Morgan fingerprint density at radius 3 is 2.14 bits per heavy atom. The summed E-state index contributed by atoms with van der Waals surface area (Å²) < 4.78 is 38.0. The largest absolute Gasteiger partial charge is 0.497 e. The number of ether oxygens (including phenoxy) is 2. The molecule has 0 bridgehead atoms. The molecule has 2 amide bonds. The van der Waals surface area contributed by atoms with E-state index in [2.05, 4.69) is 5.32 Å². The van der Waals surface area contributed by atoms with Crippen molar-refractivity contribution in [3.8, 4) is 11.5 Å². The van der Waals surface area contributed by atoms with Crippen molar-refractivity contribution in [3.05, 3.63) is 89.5 Å². The van der Waals surface area contributed by atoms with E-state index in [4.69, 9.17) is 9.47 Å². The number of nitrogens with one attached hydrogen (secondary N) is 1. The third-order valence-corrected chi connectivity index (χ3v) is 7.67. The van der Waals surface area contributed by atoms with Crippen LogP contribution in [0.4, 0.5) is 5.69 Å². The molecule has 10 heteroatoms. The normalized spacial score (nSPS) is 12.3. The number of hydrogen-bond donors (Lipinski definition) is 1. The standard InChI is InChI=1S/C32H41N3O6S/c1-23-12-11-15-25(18-23)21-34(28(31(37)33-32(2,3)4)19-24-13-9-8-10-14-24)30(36)22-35(42(7,38)39)27-20-26(40-5)16-17-29(27)41-6/h8-18,20,28H,19,21-22H2,1-7H3,(H,33,37)/t28-/m1/s1. The van der Waals surface area contributed by atoms with E-state index in [0.29, 0.717) is 5.75 Å². The highest BCUT2D eigenvalue weighted by Crippen LogP contribution is 2.34. The number of anilines is 1. The Kier molecular flexibility index (Phi) is 10.6. The number of hydrogen-bond acceptors (Lipinski definition) is 6. The summed E-state index contributed by atoms with van der Waals surface area (Å²) in [5.74, 6) is -0.227. The van der Waals surface area contributed by atoms with Crippen LogP contribution < -0.4 is 19.1 Å². The van der Waals surface area contributed by atoms with Gasteiger partial charge in [-0.1, -0.05) is 60.2 Å². The van der Waals surface area contributed by atoms with Gasteiger partial charge in [-0.2, -0.15) is 0 Å². The van der Waals surface area contributed by atoms with Gasteiger partial charge in [-0.15, -0.1) is 0 Å². The first-order valence-corrected chi connectivity index (χ1v) is 15.5. The molecule has 0 saturated carbocycles. The topological polar surface area (TPSA) is 105 Å². The zero-order valence-electron chi connectivity index (χ0n) is 25.4. The van der Waals surface area contributed by atoms with Crippen LogP contribution in [0.3, 0.4) is 0 Å². The molecule has 0 radical (unpaired) electrons. The molecule has 1 N–H and O–H groups in total. The Morgan fingerprint density at radius 2 is 1.57 bits per heavy atom. The maximum absolute atomic E-state index is 14.3. The Bertz CT molecular complexity index is 1490. The van der Waals surface area contributed by atoms with Crippen molar-refractivity contribution in [1.82, 2.24) is 10.2 Å². The lowest BCUT2D eigenvalue weighted by Crippen LogP contribution is -2.56. The Morgan fingerprint density at radius 1 is 0.905 bits per heavy atom. The second-order valence-corrected chi connectivity index (χ2v) is 13.2. The van der Waals surface area contributed by atoms with E-state index in [9.17, 15) is 18.0 Å². The van der Waals surface area contributed by atoms with Crippen LogP contribution in [0, 0.1) is 6.92 Å². The molecular formula is C32H41N3O6S. The molecule has 3 aromatic rings. The van der Waals surface area contributed by atoms with Gasteiger partial charge < -0.3 is 19.7 Å². The SMILES string of the molecule is COc1ccc(OC)c(N(CC(=O)N(Cc2cccc(C)c2)[C@H](Cc2ccccc2)C(=O)NC(C)(C)C)S(C)(=O)=O)c1. The molecule has 0 unspecified atom stereocenters. The van der Waals surface area contributed by atoms with Crippen LogP contribution in [0.1, 0.15) is 37.5 Å². The summed E-state index contributed by atoms with van der Waals surface area (Å²) in [5, 5.41) is 3.02. The minimum atomic E-state index is -3.97. The second kappa shape index (κ2) is 13.7. The fourth-order valence-electron chi connectivity index (χ4n) is 4.60. The van der Waals surface area contributed by atoms with Crippen molar-refractivity contribution in [2.45, 2.75) is 52.2 Å². The molecule has 0 fully saturated rings. The Balaban J connectivity index is 2.13. The van der Waals surface area contributed by atoms with Crippen molar-refractivity contribution in [2.24, 2.45) is 0 Å². The lowest BCUT2D eigenvalue weighted by molar-refractivity contribution is -0.140. The summed E-state index contributed by atoms with van der Waals surface area (Å²) >= 11 is 0. The Labute approximate surface area is 249 Å². The van der Waals surface area contributed by atoms with Crippen LogP contribution in [0.2, 0.25) is 0 Å². The van der Waals surface area contributed by atoms with Gasteiger partial charge in [0.15, 0.2) is 0 Å². The van der Waals surface area contributed by atoms with Crippen LogP contribution in [0.5, 0.6) is 11.5 Å². The van der Waals surface area contributed by atoms with Gasteiger partial charge >= 0.3 is 0 Å². The van der Waals surface area contributed by atoms with Crippen molar-refractivity contribution >= 4 is 27.5 Å². The van der Waals surface area contributed by atoms with E-state index >= 15 is 0 Å². The molecule has 0 aromatic heterocycles. The number of nitrogens with zero attached hydrogens (tertiary/aromatic N) is 2. The highest BCUT2D eigenvalue weighted by atomic mass is 32.2. The van der Waals surface area contributed by atoms with Gasteiger partial charge in [-0.05, 0) is 51.0 Å². The van der Waals surface area contributed by atoms with Gasteiger partial charge in [0.1, 0.15) is 24.1 Å². The van der Waals surface area contributed by atoms with Gasteiger partial charge in [-0.3, -0.25) is 13.9 Å². The summed E-state index contributed by atoms with van der Waals surface area (Å²) in [7, 11) is -1.08. The summed E-state index contributed by atoms with van der Waals surface area (Å²) in [6.07, 6.45) is 1.26. The fraction of sp³-hybridized carbons (Fsp3) is 0.375. The molecule has 0 aliphatic rings. The van der Waals surface area contributed by atoms with E-state index < -0.39 is 34.1 Å². The third-order valence-electron chi connectivity index (χ3n) is 6.54. The van der Waals surface area contributed by atoms with Crippen LogP contribution in [-0.2, 0) is 32.6 Å². The molecule has 42 heavy (non-hydrogen) atoms. The molecule has 9 nitrogen and oxygen atoms in total. The monoisotopic (exact) mass is 595 g/mol. The maximum atomic E-state index is 14.3. The molecular weight excluding hydrogens is 554 g/mol. The van der Waals surface area contributed by atoms with Gasteiger partial charge in [0, 0.05) is 24.6 Å². The van der Waals surface area contributed by atoms with Crippen LogP contribution in [0.25, 0.3) is 0 Å². The molecule has 0 heterocycles. The average Bonchev–Trinajstić information content (AvgIpc) is 2.92. The minimum Gasteiger partial charge on any atom is -0.497 e. The number of benzene rings is 3. The maximum Gasteiger partial charge on any atom is 0.244 e. The summed E-state index contributed by atoms with van der Waals surface area (Å²) in [6, 6.07) is 20.9. The van der Waals surface area contributed by atoms with Gasteiger partial charge in [-0.25, -0.2) is 8.42 Å². The number of methoxy groups -OCH3 is 2. The third kappa shape index (κ3) is 8.97. The van der Waals surface area contributed by atoms with E-state index in [0.717, 1.165) is 27.3 Å². The van der Waals surface area contributed by atoms with Gasteiger partial charge in [0.05, 0.1) is 26.2 Å². The smallest absolute Gasteiger partial charge is 0.244 e. The number of sulfonamides is 1. The zero-order valence-corrected chi connectivity index (χ0v) is 26.2. The van der Waals surface area contributed by atoms with Gasteiger partial charge in [0.25, 0.3) is 0 Å². The molecule has 226 valence electrons. The summed E-state index contributed by atoms with van der Waals surface area (Å²) in [6.45, 7) is 7.11. The fourth-order valence-corrected chi connectivity index (χ4v) is 5.45. The number of carbonyl (C=O) groups is 2. The van der Waals surface area contributed by atoms with Crippen molar-refractivity contribution in [3.63, 3.8) is 0 Å². The van der Waals surface area contributed by atoms with Crippen LogP contribution in [-0.4, -0.2) is 63.7 Å². The van der Waals surface area contributed by atoms with Crippen LogP contribution in [0.15, 0.2) is 72.8 Å². The summed E-state index contributed by atoms with van der Waals surface area (Å²) in [4.78, 5) is 29.6. The number of rotatable bonds is 12. The Hall–Kier alpha value is -4.05. The van der Waals surface area contributed by atoms with Crippen molar-refractivity contribution in [2.75, 3.05) is 31.3 Å². The lowest BCUT2D eigenvalue weighted by Gasteiger charge is -2.35. The van der Waals surface area contributed by atoms with Gasteiger partial charge in [0.2, 0.25) is 21.8 Å². The number of carbonyl (C=O) groups excluding carboxylic acids is 2. The van der Waals surface area contributed by atoms with E-state index in [1.54, 1.807) is 12.1 Å². The molecule has 3 rings (SSSR count). The molecule has 0 saturated heterocycles. The minimum absolute atomic E-state index is 0.0996. The quantitative estimate of drug-likeness (QED) is 0.334. The first kappa shape index (κ1) is 32.5. The zero-order chi connectivity index (χ0) is 31.1. The molecule has 3 aromatic carbocycles. The molecule has 0 spiro atoms. The first-order chi connectivity index (χ1) is 19.7. The van der Waals surface area contributed by atoms with E-state index in [1.807, 2.05) is 82.3 Å². The predicted molar refractivity (Wildman–Crippen MR) is 165 cm³/mol. The average molecular weight is 596 g/mol. The highest BCUT2D eigenvalue weighted by Gasteiger charge is 2.35. The van der Waals surface area contributed by atoms with Crippen molar-refractivity contribution in [1.29, 1.82) is 0 Å². The summed E-state index contributed by atoms with van der Waals surface area (Å²) in [5.41, 5.74) is 2.27. The number of amides is 2. The molecule has 0 aliphatic carbocycles. The second-order valence-electron chi connectivity index (χ2n) is 11.3. The highest BCUT2D eigenvalue weighted by molar-refractivity contribution is 7.92. The van der Waals surface area contributed by atoms with E-state index in [1.165, 1.54) is 25.2 Å². The predicted octanol–water partition coefficient (Wildman–Crippen LogP) is 4.33.